The van der Waals surface area contributed by atoms with Gasteiger partial charge in [0.05, 0.1) is 17.7 Å². The lowest BCUT2D eigenvalue weighted by Gasteiger charge is -2.32. The van der Waals surface area contributed by atoms with Crippen molar-refractivity contribution in [2.75, 3.05) is 32.5 Å². The summed E-state index contributed by atoms with van der Waals surface area (Å²) in [6.07, 6.45) is 0.704. The fraction of sp³-hybridized carbons (Fsp3) is 0.273. The van der Waals surface area contributed by atoms with Crippen LogP contribution in [0, 0.1) is 0 Å². The number of methoxy groups -OCH3 is 1. The number of fused-ring (bicyclic) bond motifs is 2. The third-order valence-electron chi connectivity index (χ3n) is 5.38. The minimum absolute atomic E-state index is 0.156. The van der Waals surface area contributed by atoms with E-state index in [1.165, 1.54) is 0 Å². The Bertz CT molecular complexity index is 1210. The first-order valence-electron chi connectivity index (χ1n) is 9.50. The van der Waals surface area contributed by atoms with Gasteiger partial charge in [-0.05, 0) is 56.2 Å². The summed E-state index contributed by atoms with van der Waals surface area (Å²) in [4.78, 5) is 2.24. The molecule has 0 aromatic heterocycles. The number of hydrogen-bond acceptors (Lipinski definition) is 5. The van der Waals surface area contributed by atoms with Crippen molar-refractivity contribution in [3.63, 3.8) is 0 Å². The van der Waals surface area contributed by atoms with Gasteiger partial charge in [0.1, 0.15) is 18.1 Å². The van der Waals surface area contributed by atoms with Crippen LogP contribution in [0.2, 0.25) is 5.02 Å². The number of hydrogen-bond donors (Lipinski definition) is 1. The lowest BCUT2D eigenvalue weighted by molar-refractivity contribution is 0.164. The fourth-order valence-corrected chi connectivity index (χ4v) is 4.98. The second-order valence-electron chi connectivity index (χ2n) is 7.48. The van der Waals surface area contributed by atoms with E-state index in [1.807, 2.05) is 20.2 Å². The summed E-state index contributed by atoms with van der Waals surface area (Å²) in [6, 6.07) is 13.9. The molecule has 0 amide bonds. The fourth-order valence-electron chi connectivity index (χ4n) is 3.64. The number of likely N-dealkylation sites (N-methyl/N-ethyl adjacent to an activating group) is 1. The van der Waals surface area contributed by atoms with Gasteiger partial charge in [-0.2, -0.15) is 0 Å². The minimum Gasteiger partial charge on any atom is -0.496 e. The van der Waals surface area contributed by atoms with Gasteiger partial charge in [-0.3, -0.25) is 4.72 Å². The second kappa shape index (κ2) is 7.98. The molecule has 1 heterocycles. The number of benzene rings is 3. The summed E-state index contributed by atoms with van der Waals surface area (Å²) in [5.74, 6) is 1.19. The first kappa shape index (κ1) is 20.8. The van der Waals surface area contributed by atoms with Gasteiger partial charge in [-0.25, -0.2) is 8.42 Å². The van der Waals surface area contributed by atoms with E-state index in [1.54, 1.807) is 49.6 Å². The second-order valence-corrected chi connectivity index (χ2v) is 9.57. The van der Waals surface area contributed by atoms with Gasteiger partial charge in [-0.1, -0.05) is 29.8 Å². The van der Waals surface area contributed by atoms with Crippen LogP contribution in [0.5, 0.6) is 11.5 Å². The van der Waals surface area contributed by atoms with Crippen molar-refractivity contribution in [3.8, 4) is 11.5 Å². The Kier molecular flexibility index (Phi) is 5.53. The Morgan fingerprint density at radius 2 is 1.97 bits per heavy atom. The lowest BCUT2D eigenvalue weighted by atomic mass is 10.00. The highest BCUT2D eigenvalue weighted by Gasteiger charge is 2.28. The number of ether oxygens (including phenoxy) is 2. The Labute approximate surface area is 181 Å². The average molecular weight is 447 g/mol. The maximum atomic E-state index is 13.1. The number of nitrogens with one attached hydrogen (secondary N) is 1. The molecule has 0 spiro atoms. The first-order chi connectivity index (χ1) is 14.3. The standard InChI is InChI=1S/C22H23ClN2O4S/c1-25(2)15-12-18-21(28-3)10-9-20(22(18)29-13-15)24-30(26,27)16-7-8-17-14(11-16)5-4-6-19(17)23/h4-11,15,24H,12-13H2,1-3H3/t15-/m1/s1. The molecule has 3 aromatic carbocycles. The zero-order valence-electron chi connectivity index (χ0n) is 17.0. The molecule has 8 heteroatoms. The van der Waals surface area contributed by atoms with E-state index in [2.05, 4.69) is 9.62 Å². The average Bonchev–Trinajstić information content (AvgIpc) is 2.73. The highest BCUT2D eigenvalue weighted by molar-refractivity contribution is 7.92. The molecule has 0 radical (unpaired) electrons. The van der Waals surface area contributed by atoms with Crippen molar-refractivity contribution in [2.24, 2.45) is 0 Å². The molecular weight excluding hydrogens is 424 g/mol. The predicted molar refractivity (Wildman–Crippen MR) is 119 cm³/mol. The van der Waals surface area contributed by atoms with Crippen LogP contribution in [0.15, 0.2) is 53.4 Å². The van der Waals surface area contributed by atoms with E-state index in [-0.39, 0.29) is 10.9 Å². The van der Waals surface area contributed by atoms with Crippen molar-refractivity contribution in [1.29, 1.82) is 0 Å². The molecule has 1 atom stereocenters. The van der Waals surface area contributed by atoms with Gasteiger partial charge in [0.25, 0.3) is 10.0 Å². The molecule has 0 fully saturated rings. The molecule has 0 saturated carbocycles. The number of halogens is 1. The molecular formula is C22H23ClN2O4S. The van der Waals surface area contributed by atoms with E-state index >= 15 is 0 Å². The Morgan fingerprint density at radius 1 is 1.17 bits per heavy atom. The van der Waals surface area contributed by atoms with E-state index in [9.17, 15) is 8.42 Å². The molecule has 0 aliphatic carbocycles. The van der Waals surface area contributed by atoms with Crippen molar-refractivity contribution in [3.05, 3.63) is 59.1 Å². The van der Waals surface area contributed by atoms with Gasteiger partial charge in [0.15, 0.2) is 0 Å². The van der Waals surface area contributed by atoms with E-state index in [0.29, 0.717) is 35.2 Å². The smallest absolute Gasteiger partial charge is 0.262 e. The van der Waals surface area contributed by atoms with Crippen LogP contribution in [0.3, 0.4) is 0 Å². The highest BCUT2D eigenvalue weighted by atomic mass is 35.5. The largest absolute Gasteiger partial charge is 0.496 e. The normalized spacial score (nSPS) is 16.2. The topological polar surface area (TPSA) is 67.9 Å². The van der Waals surface area contributed by atoms with Crippen LogP contribution in [0.1, 0.15) is 5.56 Å². The summed E-state index contributed by atoms with van der Waals surface area (Å²) < 4.78 is 40.3. The van der Waals surface area contributed by atoms with Gasteiger partial charge in [-0.15, -0.1) is 0 Å². The van der Waals surface area contributed by atoms with Crippen molar-refractivity contribution in [2.45, 2.75) is 17.4 Å². The highest BCUT2D eigenvalue weighted by Crippen LogP contribution is 2.40. The van der Waals surface area contributed by atoms with Crippen LogP contribution in [-0.4, -0.2) is 47.2 Å². The van der Waals surface area contributed by atoms with Crippen LogP contribution in [-0.2, 0) is 16.4 Å². The van der Waals surface area contributed by atoms with E-state index in [0.717, 1.165) is 16.3 Å². The Morgan fingerprint density at radius 3 is 2.70 bits per heavy atom. The number of nitrogens with zero attached hydrogens (tertiary/aromatic N) is 1. The summed E-state index contributed by atoms with van der Waals surface area (Å²) in [6.45, 7) is 0.469. The first-order valence-corrected chi connectivity index (χ1v) is 11.4. The molecule has 1 aliphatic heterocycles. The molecule has 6 nitrogen and oxygen atoms in total. The van der Waals surface area contributed by atoms with Gasteiger partial charge < -0.3 is 14.4 Å². The van der Waals surface area contributed by atoms with E-state index in [4.69, 9.17) is 21.1 Å². The van der Waals surface area contributed by atoms with Gasteiger partial charge in [0.2, 0.25) is 0 Å². The minimum atomic E-state index is -3.82. The van der Waals surface area contributed by atoms with Crippen LogP contribution in [0.25, 0.3) is 10.8 Å². The zero-order chi connectivity index (χ0) is 21.5. The SMILES string of the molecule is COc1ccc(NS(=O)(=O)c2ccc3c(Cl)cccc3c2)c2c1C[C@@H](N(C)C)CO2. The zero-order valence-corrected chi connectivity index (χ0v) is 18.5. The summed E-state index contributed by atoms with van der Waals surface area (Å²) in [7, 11) is 1.75. The van der Waals surface area contributed by atoms with Crippen molar-refractivity contribution >= 4 is 38.1 Å². The van der Waals surface area contributed by atoms with Crippen LogP contribution in [0.4, 0.5) is 5.69 Å². The predicted octanol–water partition coefficient (Wildman–Crippen LogP) is 4.17. The Balaban J connectivity index is 1.71. The third kappa shape index (κ3) is 3.80. The summed E-state index contributed by atoms with van der Waals surface area (Å²) >= 11 is 6.20. The van der Waals surface area contributed by atoms with Gasteiger partial charge >= 0.3 is 0 Å². The molecule has 1 aliphatic rings. The number of rotatable bonds is 5. The number of anilines is 1. The molecule has 4 rings (SSSR count). The molecule has 0 saturated heterocycles. The maximum absolute atomic E-state index is 13.1. The van der Waals surface area contributed by atoms with E-state index < -0.39 is 10.0 Å². The molecule has 158 valence electrons. The monoisotopic (exact) mass is 446 g/mol. The lowest BCUT2D eigenvalue weighted by Crippen LogP contribution is -2.38. The third-order valence-corrected chi connectivity index (χ3v) is 7.07. The number of sulfonamides is 1. The van der Waals surface area contributed by atoms with Gasteiger partial charge in [0, 0.05) is 22.0 Å². The Hall–Kier alpha value is -2.48. The molecule has 30 heavy (non-hydrogen) atoms. The van der Waals surface area contributed by atoms with Crippen LogP contribution < -0.4 is 14.2 Å². The molecule has 1 N–H and O–H groups in total. The maximum Gasteiger partial charge on any atom is 0.262 e. The molecule has 0 bridgehead atoms. The summed E-state index contributed by atoms with van der Waals surface area (Å²) in [5.41, 5.74) is 1.25. The quantitative estimate of drug-likeness (QED) is 0.637. The van der Waals surface area contributed by atoms with Crippen molar-refractivity contribution in [1.82, 2.24) is 4.90 Å². The van der Waals surface area contributed by atoms with Crippen LogP contribution >= 0.6 is 11.6 Å². The van der Waals surface area contributed by atoms with Crippen molar-refractivity contribution < 1.29 is 17.9 Å². The molecule has 0 unspecified atom stereocenters. The molecule has 3 aromatic rings. The summed E-state index contributed by atoms with van der Waals surface area (Å²) in [5, 5.41) is 2.14.